The predicted octanol–water partition coefficient (Wildman–Crippen LogP) is 4.20. The molecule has 0 aliphatic rings. The minimum atomic E-state index is 0.366. The molecular formula is C16H18BrN3S. The van der Waals surface area contributed by atoms with Gasteiger partial charge in [0.1, 0.15) is 4.99 Å². The number of benzene rings is 2. The van der Waals surface area contributed by atoms with Gasteiger partial charge in [-0.2, -0.15) is 0 Å². The van der Waals surface area contributed by atoms with Crippen LogP contribution in [-0.2, 0) is 0 Å². The van der Waals surface area contributed by atoms with Gasteiger partial charge in [0.2, 0.25) is 0 Å². The van der Waals surface area contributed by atoms with Gasteiger partial charge in [0.25, 0.3) is 0 Å². The van der Waals surface area contributed by atoms with Crippen molar-refractivity contribution in [2.24, 2.45) is 5.73 Å². The van der Waals surface area contributed by atoms with E-state index in [2.05, 4.69) is 45.2 Å². The van der Waals surface area contributed by atoms with Crippen LogP contribution in [0.15, 0.2) is 40.9 Å². The lowest BCUT2D eigenvalue weighted by atomic mass is 10.1. The average molecular weight is 364 g/mol. The Labute approximate surface area is 139 Å². The maximum Gasteiger partial charge on any atom is 0.107 e. The smallest absolute Gasteiger partial charge is 0.107 e. The largest absolute Gasteiger partial charge is 0.389 e. The van der Waals surface area contributed by atoms with Gasteiger partial charge < -0.3 is 16.0 Å². The fourth-order valence-electron chi connectivity index (χ4n) is 2.20. The Morgan fingerprint density at radius 2 is 1.95 bits per heavy atom. The number of nitrogens with zero attached hydrogens (tertiary/aromatic N) is 1. The molecule has 0 saturated heterocycles. The first-order valence-corrected chi connectivity index (χ1v) is 7.73. The molecule has 0 bridgehead atoms. The Morgan fingerprint density at radius 3 is 2.57 bits per heavy atom. The first kappa shape index (κ1) is 15.8. The van der Waals surface area contributed by atoms with Crippen LogP contribution in [-0.4, -0.2) is 19.1 Å². The van der Waals surface area contributed by atoms with Crippen LogP contribution in [0.3, 0.4) is 0 Å². The highest BCUT2D eigenvalue weighted by Gasteiger charge is 2.10. The maximum atomic E-state index is 5.82. The summed E-state index contributed by atoms with van der Waals surface area (Å²) >= 11 is 8.64. The zero-order valence-electron chi connectivity index (χ0n) is 12.3. The van der Waals surface area contributed by atoms with E-state index in [0.29, 0.717) is 4.99 Å². The van der Waals surface area contributed by atoms with Gasteiger partial charge >= 0.3 is 0 Å². The van der Waals surface area contributed by atoms with E-state index in [0.717, 1.165) is 21.4 Å². The van der Waals surface area contributed by atoms with Gasteiger partial charge in [-0.05, 0) is 52.7 Å². The lowest BCUT2D eigenvalue weighted by Gasteiger charge is -2.18. The van der Waals surface area contributed by atoms with E-state index in [9.17, 15) is 0 Å². The standard InChI is InChI=1S/C16H18BrN3S/c1-10-7-8-11(9-14(10)20(2)3)19-13-6-4-5-12(17)15(13)16(18)21/h4-9,19H,1-3H3,(H2,18,21). The number of rotatable bonds is 4. The van der Waals surface area contributed by atoms with Crippen molar-refractivity contribution in [2.45, 2.75) is 6.92 Å². The minimum Gasteiger partial charge on any atom is -0.389 e. The van der Waals surface area contributed by atoms with Crippen molar-refractivity contribution in [3.8, 4) is 0 Å². The van der Waals surface area contributed by atoms with E-state index in [1.807, 2.05) is 38.4 Å². The Balaban J connectivity index is 2.42. The Bertz CT molecular complexity index is 683. The van der Waals surface area contributed by atoms with Gasteiger partial charge in [0, 0.05) is 41.2 Å². The highest BCUT2D eigenvalue weighted by Crippen LogP contribution is 2.29. The first-order valence-electron chi connectivity index (χ1n) is 6.53. The summed E-state index contributed by atoms with van der Waals surface area (Å²) in [6.07, 6.45) is 0. The fraction of sp³-hybridized carbons (Fsp3) is 0.188. The highest BCUT2D eigenvalue weighted by atomic mass is 79.9. The zero-order valence-corrected chi connectivity index (χ0v) is 14.7. The van der Waals surface area contributed by atoms with Gasteiger partial charge in [0.15, 0.2) is 0 Å². The van der Waals surface area contributed by atoms with Crippen molar-refractivity contribution in [3.63, 3.8) is 0 Å². The van der Waals surface area contributed by atoms with Gasteiger partial charge in [-0.3, -0.25) is 0 Å². The minimum absolute atomic E-state index is 0.366. The van der Waals surface area contributed by atoms with Crippen LogP contribution in [0.5, 0.6) is 0 Å². The summed E-state index contributed by atoms with van der Waals surface area (Å²) in [4.78, 5) is 2.46. The van der Waals surface area contributed by atoms with Crippen molar-refractivity contribution in [1.29, 1.82) is 0 Å². The van der Waals surface area contributed by atoms with Crippen molar-refractivity contribution < 1.29 is 0 Å². The molecule has 110 valence electrons. The van der Waals surface area contributed by atoms with Crippen molar-refractivity contribution in [2.75, 3.05) is 24.3 Å². The number of anilines is 3. The molecule has 21 heavy (non-hydrogen) atoms. The second kappa shape index (κ2) is 6.45. The Hall–Kier alpha value is -1.59. The third-order valence-electron chi connectivity index (χ3n) is 3.23. The van der Waals surface area contributed by atoms with Gasteiger partial charge in [0.05, 0.1) is 0 Å². The normalized spacial score (nSPS) is 10.3. The topological polar surface area (TPSA) is 41.3 Å². The number of aryl methyl sites for hydroxylation is 1. The first-order chi connectivity index (χ1) is 9.90. The van der Waals surface area contributed by atoms with E-state index in [4.69, 9.17) is 18.0 Å². The summed E-state index contributed by atoms with van der Waals surface area (Å²) in [7, 11) is 4.07. The average Bonchev–Trinajstić information content (AvgIpc) is 2.40. The SMILES string of the molecule is Cc1ccc(Nc2cccc(Br)c2C(N)=S)cc1N(C)C. The number of nitrogens with two attached hydrogens (primary N) is 1. The molecule has 0 unspecified atom stereocenters. The van der Waals surface area contributed by atoms with E-state index in [1.165, 1.54) is 11.3 Å². The number of hydrogen-bond donors (Lipinski definition) is 2. The molecule has 0 amide bonds. The number of halogens is 1. The fourth-order valence-corrected chi connectivity index (χ4v) is 3.13. The molecule has 3 N–H and O–H groups in total. The highest BCUT2D eigenvalue weighted by molar-refractivity contribution is 9.10. The monoisotopic (exact) mass is 363 g/mol. The molecule has 0 radical (unpaired) electrons. The summed E-state index contributed by atoms with van der Waals surface area (Å²) in [5.74, 6) is 0. The summed E-state index contributed by atoms with van der Waals surface area (Å²) in [6.45, 7) is 2.10. The maximum absolute atomic E-state index is 5.82. The van der Waals surface area contributed by atoms with Gasteiger partial charge in [-0.15, -0.1) is 0 Å². The van der Waals surface area contributed by atoms with Crippen molar-refractivity contribution in [1.82, 2.24) is 0 Å². The molecule has 0 fully saturated rings. The molecule has 2 aromatic rings. The van der Waals surface area contributed by atoms with Crippen LogP contribution in [0.2, 0.25) is 0 Å². The van der Waals surface area contributed by atoms with Gasteiger partial charge in [-0.1, -0.05) is 24.4 Å². The molecule has 3 nitrogen and oxygen atoms in total. The van der Waals surface area contributed by atoms with Crippen LogP contribution in [0.25, 0.3) is 0 Å². The lowest BCUT2D eigenvalue weighted by molar-refractivity contribution is 1.11. The van der Waals surface area contributed by atoms with E-state index in [-0.39, 0.29) is 0 Å². The van der Waals surface area contributed by atoms with Crippen LogP contribution < -0.4 is 16.0 Å². The van der Waals surface area contributed by atoms with E-state index >= 15 is 0 Å². The summed E-state index contributed by atoms with van der Waals surface area (Å²) in [5.41, 5.74) is 10.9. The van der Waals surface area contributed by atoms with Gasteiger partial charge in [-0.25, -0.2) is 0 Å². The quantitative estimate of drug-likeness (QED) is 0.798. The molecule has 0 atom stereocenters. The second-order valence-electron chi connectivity index (χ2n) is 5.05. The van der Waals surface area contributed by atoms with Crippen LogP contribution in [0, 0.1) is 6.92 Å². The third-order valence-corrected chi connectivity index (χ3v) is 4.09. The number of thiocarbonyl (C=S) groups is 1. The molecule has 0 spiro atoms. The van der Waals surface area contributed by atoms with Crippen molar-refractivity contribution in [3.05, 3.63) is 52.0 Å². The molecule has 0 saturated carbocycles. The number of hydrogen-bond acceptors (Lipinski definition) is 3. The molecular weight excluding hydrogens is 346 g/mol. The van der Waals surface area contributed by atoms with Crippen LogP contribution in [0.4, 0.5) is 17.1 Å². The Kier molecular flexibility index (Phi) is 4.85. The Morgan fingerprint density at radius 1 is 1.24 bits per heavy atom. The summed E-state index contributed by atoms with van der Waals surface area (Å²) in [5, 5.41) is 3.39. The van der Waals surface area contributed by atoms with Crippen molar-refractivity contribution >= 4 is 50.2 Å². The third kappa shape index (κ3) is 3.54. The van der Waals surface area contributed by atoms with E-state index < -0.39 is 0 Å². The molecule has 0 aromatic heterocycles. The molecule has 0 aliphatic carbocycles. The summed E-state index contributed by atoms with van der Waals surface area (Å²) < 4.78 is 0.889. The van der Waals surface area contributed by atoms with Crippen LogP contribution in [0.1, 0.15) is 11.1 Å². The molecule has 0 heterocycles. The zero-order chi connectivity index (χ0) is 15.6. The summed E-state index contributed by atoms with van der Waals surface area (Å²) in [6, 6.07) is 12.1. The predicted molar refractivity (Wildman–Crippen MR) is 98.8 cm³/mol. The molecule has 5 heteroatoms. The van der Waals surface area contributed by atoms with E-state index in [1.54, 1.807) is 0 Å². The molecule has 0 aliphatic heterocycles. The lowest BCUT2D eigenvalue weighted by Crippen LogP contribution is -2.13. The number of nitrogens with one attached hydrogen (secondary N) is 1. The molecule has 2 aromatic carbocycles. The molecule has 2 rings (SSSR count). The van der Waals surface area contributed by atoms with Crippen LogP contribution >= 0.6 is 28.1 Å². The second-order valence-corrected chi connectivity index (χ2v) is 6.34.